The number of carbonyl (C=O) groups excluding carboxylic acids is 2. The molecule has 3 N–H and O–H groups in total. The maximum Gasteiger partial charge on any atom is 0.269 e. The molecule has 8 heteroatoms. The van der Waals surface area contributed by atoms with Crippen LogP contribution in [0.25, 0.3) is 0 Å². The zero-order valence-electron chi connectivity index (χ0n) is 13.7. The number of amides is 2. The van der Waals surface area contributed by atoms with E-state index >= 15 is 0 Å². The quantitative estimate of drug-likeness (QED) is 0.622. The first-order valence-corrected chi connectivity index (χ1v) is 8.30. The average Bonchev–Trinajstić information content (AvgIpc) is 3.11. The predicted molar refractivity (Wildman–Crippen MR) is 98.3 cm³/mol. The first kappa shape index (κ1) is 17.6. The van der Waals surface area contributed by atoms with Gasteiger partial charge in [-0.25, -0.2) is 0 Å². The Balaban J connectivity index is 1.54. The van der Waals surface area contributed by atoms with Gasteiger partial charge >= 0.3 is 0 Å². The molecule has 0 saturated carbocycles. The van der Waals surface area contributed by atoms with Crippen molar-refractivity contribution >= 4 is 29.2 Å². The minimum atomic E-state index is -0.399. The Morgan fingerprint density at radius 1 is 1.08 bits per heavy atom. The number of hydrogen-bond acceptors (Lipinski definition) is 4. The Morgan fingerprint density at radius 3 is 2.65 bits per heavy atom. The summed E-state index contributed by atoms with van der Waals surface area (Å²) in [7, 11) is 0. The van der Waals surface area contributed by atoms with Gasteiger partial charge in [0.2, 0.25) is 0 Å². The van der Waals surface area contributed by atoms with Gasteiger partial charge in [-0.3, -0.25) is 19.7 Å². The first-order valence-electron chi connectivity index (χ1n) is 7.93. The Bertz CT molecular complexity index is 911. The molecule has 0 aliphatic rings. The van der Waals surface area contributed by atoms with Gasteiger partial charge in [0.15, 0.2) is 5.82 Å². The van der Waals surface area contributed by atoms with Gasteiger partial charge in [0, 0.05) is 30.9 Å². The Hall–Kier alpha value is -3.19. The van der Waals surface area contributed by atoms with E-state index in [9.17, 15) is 9.59 Å². The van der Waals surface area contributed by atoms with Crippen LogP contribution in [0.15, 0.2) is 54.7 Å². The van der Waals surface area contributed by atoms with Gasteiger partial charge in [0.05, 0.1) is 10.6 Å². The van der Waals surface area contributed by atoms with E-state index in [1.807, 2.05) is 18.2 Å². The molecule has 0 fully saturated rings. The van der Waals surface area contributed by atoms with Crippen molar-refractivity contribution in [2.24, 2.45) is 0 Å². The van der Waals surface area contributed by atoms with Gasteiger partial charge in [-0.05, 0) is 24.3 Å². The van der Waals surface area contributed by atoms with Crippen LogP contribution in [-0.2, 0) is 6.42 Å². The molecular formula is C18H16ClN5O2. The summed E-state index contributed by atoms with van der Waals surface area (Å²) in [5, 5.41) is 12.2. The number of carbonyl (C=O) groups is 2. The molecule has 2 amide bonds. The number of benzene rings is 1. The van der Waals surface area contributed by atoms with Crippen LogP contribution in [0, 0.1) is 0 Å². The second kappa shape index (κ2) is 8.26. The molecule has 0 spiro atoms. The average molecular weight is 370 g/mol. The molecule has 3 rings (SSSR count). The fraction of sp³-hybridized carbons (Fsp3) is 0.111. The molecule has 0 radical (unpaired) electrons. The highest BCUT2D eigenvalue weighted by molar-refractivity contribution is 6.34. The van der Waals surface area contributed by atoms with Gasteiger partial charge in [0.25, 0.3) is 11.8 Å². The van der Waals surface area contributed by atoms with Crippen LogP contribution in [-0.4, -0.2) is 33.5 Å². The Kier molecular flexibility index (Phi) is 5.60. The minimum Gasteiger partial charge on any atom is -0.350 e. The number of nitrogens with zero attached hydrogens (tertiary/aromatic N) is 2. The lowest BCUT2D eigenvalue weighted by atomic mass is 10.2. The normalized spacial score (nSPS) is 10.3. The summed E-state index contributed by atoms with van der Waals surface area (Å²) in [6, 6.07) is 13.8. The van der Waals surface area contributed by atoms with E-state index in [0.29, 0.717) is 23.6 Å². The number of nitrogens with one attached hydrogen (secondary N) is 3. The molecule has 2 aromatic heterocycles. The number of anilines is 1. The number of aromatic nitrogens is 3. The van der Waals surface area contributed by atoms with Crippen LogP contribution in [0.3, 0.4) is 0 Å². The van der Waals surface area contributed by atoms with Crippen LogP contribution in [0.1, 0.15) is 26.5 Å². The standard InChI is InChI=1S/C18H16ClN5O2/c19-14-7-2-1-6-13(14)17(25)22-16-11-15(23-24-16)18(26)21-10-8-12-5-3-4-9-20-12/h1-7,9,11H,8,10H2,(H,21,26)(H2,22,23,24,25). The molecular weight excluding hydrogens is 354 g/mol. The SMILES string of the molecule is O=C(NCCc1ccccn1)c1cc(NC(=O)c2ccccc2Cl)n[nH]1. The summed E-state index contributed by atoms with van der Waals surface area (Å²) in [6.07, 6.45) is 2.33. The van der Waals surface area contributed by atoms with E-state index in [-0.39, 0.29) is 17.4 Å². The van der Waals surface area contributed by atoms with Crippen molar-refractivity contribution in [2.75, 3.05) is 11.9 Å². The van der Waals surface area contributed by atoms with Crippen LogP contribution < -0.4 is 10.6 Å². The van der Waals surface area contributed by atoms with Crippen molar-refractivity contribution in [1.29, 1.82) is 0 Å². The number of rotatable bonds is 6. The lowest BCUT2D eigenvalue weighted by Crippen LogP contribution is -2.26. The molecule has 1 aromatic carbocycles. The Labute approximate surface area is 154 Å². The zero-order valence-corrected chi connectivity index (χ0v) is 14.5. The minimum absolute atomic E-state index is 0.241. The third kappa shape index (κ3) is 4.46. The van der Waals surface area contributed by atoms with Crippen LogP contribution in [0.2, 0.25) is 5.02 Å². The van der Waals surface area contributed by atoms with E-state index in [0.717, 1.165) is 5.69 Å². The summed E-state index contributed by atoms with van der Waals surface area (Å²) < 4.78 is 0. The Morgan fingerprint density at radius 2 is 1.88 bits per heavy atom. The van der Waals surface area contributed by atoms with Crippen LogP contribution in [0.5, 0.6) is 0 Å². The number of aromatic amines is 1. The highest BCUT2D eigenvalue weighted by Crippen LogP contribution is 2.16. The largest absolute Gasteiger partial charge is 0.350 e. The molecule has 0 atom stereocenters. The van der Waals surface area contributed by atoms with Crippen molar-refractivity contribution in [1.82, 2.24) is 20.5 Å². The third-order valence-electron chi connectivity index (χ3n) is 3.58. The molecule has 3 aromatic rings. The van der Waals surface area contributed by atoms with E-state index in [1.54, 1.807) is 30.5 Å². The van der Waals surface area contributed by atoms with Gasteiger partial charge in [-0.15, -0.1) is 0 Å². The molecule has 7 nitrogen and oxygen atoms in total. The van der Waals surface area contributed by atoms with E-state index in [4.69, 9.17) is 11.6 Å². The fourth-order valence-corrected chi connectivity index (χ4v) is 2.50. The van der Waals surface area contributed by atoms with Crippen molar-refractivity contribution in [2.45, 2.75) is 6.42 Å². The highest BCUT2D eigenvalue weighted by atomic mass is 35.5. The summed E-state index contributed by atoms with van der Waals surface area (Å²) >= 11 is 5.99. The zero-order chi connectivity index (χ0) is 18.4. The lowest BCUT2D eigenvalue weighted by Gasteiger charge is -2.03. The van der Waals surface area contributed by atoms with Crippen molar-refractivity contribution < 1.29 is 9.59 Å². The summed E-state index contributed by atoms with van der Waals surface area (Å²) in [5.74, 6) is -0.472. The van der Waals surface area contributed by atoms with Crippen molar-refractivity contribution in [3.8, 4) is 0 Å². The topological polar surface area (TPSA) is 99.8 Å². The van der Waals surface area contributed by atoms with Crippen molar-refractivity contribution in [3.63, 3.8) is 0 Å². The smallest absolute Gasteiger partial charge is 0.269 e. The molecule has 2 heterocycles. The molecule has 0 aliphatic heterocycles. The number of pyridine rings is 1. The summed E-state index contributed by atoms with van der Waals surface area (Å²) in [4.78, 5) is 28.5. The van der Waals surface area contributed by atoms with E-state index in [2.05, 4.69) is 25.8 Å². The van der Waals surface area contributed by atoms with Gasteiger partial charge in [-0.2, -0.15) is 5.10 Å². The molecule has 0 unspecified atom stereocenters. The molecule has 0 aliphatic carbocycles. The van der Waals surface area contributed by atoms with Crippen molar-refractivity contribution in [3.05, 3.63) is 76.7 Å². The molecule has 0 bridgehead atoms. The highest BCUT2D eigenvalue weighted by Gasteiger charge is 2.14. The van der Waals surface area contributed by atoms with E-state index < -0.39 is 5.91 Å². The maximum absolute atomic E-state index is 12.2. The van der Waals surface area contributed by atoms with Gasteiger partial charge in [-0.1, -0.05) is 29.8 Å². The number of hydrogen-bond donors (Lipinski definition) is 3. The number of halogens is 1. The summed E-state index contributed by atoms with van der Waals surface area (Å²) in [6.45, 7) is 0.441. The van der Waals surface area contributed by atoms with E-state index in [1.165, 1.54) is 6.07 Å². The second-order valence-electron chi connectivity index (χ2n) is 5.43. The molecule has 132 valence electrons. The maximum atomic E-state index is 12.2. The monoisotopic (exact) mass is 369 g/mol. The first-order chi connectivity index (χ1) is 12.6. The van der Waals surface area contributed by atoms with Gasteiger partial charge < -0.3 is 10.6 Å². The number of H-pyrrole nitrogens is 1. The van der Waals surface area contributed by atoms with Crippen LogP contribution >= 0.6 is 11.6 Å². The predicted octanol–water partition coefficient (Wildman–Crippen LogP) is 2.68. The van der Waals surface area contributed by atoms with Crippen LogP contribution in [0.4, 0.5) is 5.82 Å². The second-order valence-corrected chi connectivity index (χ2v) is 5.84. The lowest BCUT2D eigenvalue weighted by molar-refractivity contribution is 0.0948. The summed E-state index contributed by atoms with van der Waals surface area (Å²) in [5.41, 5.74) is 1.48. The van der Waals surface area contributed by atoms with Gasteiger partial charge in [0.1, 0.15) is 5.69 Å². The third-order valence-corrected chi connectivity index (χ3v) is 3.91. The molecule has 26 heavy (non-hydrogen) atoms. The fourth-order valence-electron chi connectivity index (χ4n) is 2.28. The molecule has 0 saturated heterocycles.